The predicted molar refractivity (Wildman–Crippen MR) is 101 cm³/mol. The summed E-state index contributed by atoms with van der Waals surface area (Å²) in [6.45, 7) is 1.48. The molecule has 0 aliphatic heterocycles. The van der Waals surface area contributed by atoms with E-state index in [0.717, 1.165) is 23.5 Å². The number of hydrogen-bond acceptors (Lipinski definition) is 0. The molecular weight excluding hydrogens is 606 g/mol. The summed E-state index contributed by atoms with van der Waals surface area (Å²) >= 11 is 16.1. The van der Waals surface area contributed by atoms with Crippen LogP contribution >= 0.6 is 79.6 Å². The molecule has 0 aromatic heterocycles. The van der Waals surface area contributed by atoms with Gasteiger partial charge in [0, 0.05) is 17.9 Å². The van der Waals surface area contributed by atoms with Crippen molar-refractivity contribution in [1.29, 1.82) is 0 Å². The molecule has 0 atom stereocenters. The molecule has 0 fully saturated rings. The van der Waals surface area contributed by atoms with Gasteiger partial charge in [0.25, 0.3) is 0 Å². The number of halogens is 7. The maximum atomic E-state index is 12.9. The van der Waals surface area contributed by atoms with Gasteiger partial charge in [-0.2, -0.15) is 0 Å². The molecule has 0 amide bonds. The Hall–Kier alpha value is 0.700. The van der Waals surface area contributed by atoms with Crippen molar-refractivity contribution in [2.45, 2.75) is 13.6 Å². The summed E-state index contributed by atoms with van der Waals surface area (Å²) in [4.78, 5) is 0. The molecule has 0 aliphatic rings. The maximum absolute atomic E-state index is 12.9. The molecule has 0 spiro atoms. The lowest BCUT2D eigenvalue weighted by Crippen LogP contribution is -1.85. The van der Waals surface area contributed by atoms with Crippen molar-refractivity contribution in [2.75, 3.05) is 0 Å². The van der Waals surface area contributed by atoms with E-state index in [2.05, 4.69) is 79.6 Å². The number of alkyl halides is 1. The van der Waals surface area contributed by atoms with Crippen molar-refractivity contribution < 1.29 is 8.78 Å². The Labute approximate surface area is 164 Å². The van der Waals surface area contributed by atoms with Gasteiger partial charge in [0.15, 0.2) is 0 Å². The second kappa shape index (κ2) is 9.11. The smallest absolute Gasteiger partial charge is 0.139 e. The molecule has 7 heteroatoms. The van der Waals surface area contributed by atoms with Crippen molar-refractivity contribution >= 4 is 79.6 Å². The number of hydrogen-bond donors (Lipinski definition) is 0. The molecule has 2 rings (SSSR count). The molecule has 0 saturated carbocycles. The highest BCUT2D eigenvalue weighted by molar-refractivity contribution is 9.13. The van der Waals surface area contributed by atoms with Crippen LogP contribution in [-0.4, -0.2) is 0 Å². The largest absolute Gasteiger partial charge is 0.246 e. The minimum atomic E-state index is -0.419. The quantitative estimate of drug-likeness (QED) is 0.225. The van der Waals surface area contributed by atoms with E-state index in [1.807, 2.05) is 13.0 Å². The molecule has 21 heavy (non-hydrogen) atoms. The average molecular weight is 615 g/mol. The standard InChI is InChI=1S/C7H4Br3F.C7H5Br2F/c1-3-4(8)2-5(11)7(10)6(3)9;8-6-1-5(4-10)2-7(9)3-6/h2H,1H3;1-3H,4H2. The highest BCUT2D eigenvalue weighted by Crippen LogP contribution is 2.33. The Bertz CT molecular complexity index is 597. The molecule has 114 valence electrons. The van der Waals surface area contributed by atoms with E-state index in [1.165, 1.54) is 6.07 Å². The number of rotatable bonds is 1. The third kappa shape index (κ3) is 6.01. The third-order valence-corrected chi connectivity index (χ3v) is 6.46. The van der Waals surface area contributed by atoms with Crippen LogP contribution in [-0.2, 0) is 6.67 Å². The topological polar surface area (TPSA) is 0 Å². The summed E-state index contributed by atoms with van der Waals surface area (Å²) in [5.74, 6) is -0.269. The van der Waals surface area contributed by atoms with Crippen LogP contribution in [0.25, 0.3) is 0 Å². The SMILES string of the molecule is Cc1c(Br)cc(F)c(Br)c1Br.FCc1cc(Br)cc(Br)c1. The lowest BCUT2D eigenvalue weighted by Gasteiger charge is -2.04. The van der Waals surface area contributed by atoms with Gasteiger partial charge < -0.3 is 0 Å². The van der Waals surface area contributed by atoms with Crippen LogP contribution in [0.2, 0.25) is 0 Å². The second-order valence-electron chi connectivity index (χ2n) is 4.00. The number of benzene rings is 2. The Morgan fingerprint density at radius 1 is 0.857 bits per heavy atom. The molecule has 0 heterocycles. The average Bonchev–Trinajstić information content (AvgIpc) is 2.42. The van der Waals surface area contributed by atoms with E-state index in [9.17, 15) is 8.78 Å². The fourth-order valence-corrected chi connectivity index (χ4v) is 4.21. The van der Waals surface area contributed by atoms with Crippen molar-refractivity contribution in [1.82, 2.24) is 0 Å². The fraction of sp³-hybridized carbons (Fsp3) is 0.143. The van der Waals surface area contributed by atoms with E-state index in [1.54, 1.807) is 12.1 Å². The van der Waals surface area contributed by atoms with Gasteiger partial charge >= 0.3 is 0 Å². The molecule has 0 N–H and O–H groups in total. The summed E-state index contributed by atoms with van der Waals surface area (Å²) in [5.41, 5.74) is 1.67. The first kappa shape index (κ1) is 19.7. The Morgan fingerprint density at radius 2 is 1.38 bits per heavy atom. The predicted octanol–water partition coefficient (Wildman–Crippen LogP) is 8.10. The summed E-state index contributed by atoms with van der Waals surface area (Å²) in [6.07, 6.45) is 0. The van der Waals surface area contributed by atoms with Crippen LogP contribution in [0.1, 0.15) is 11.1 Å². The first-order chi connectivity index (χ1) is 9.76. The Morgan fingerprint density at radius 3 is 1.86 bits per heavy atom. The van der Waals surface area contributed by atoms with E-state index >= 15 is 0 Å². The van der Waals surface area contributed by atoms with Gasteiger partial charge in [-0.05, 0) is 74.2 Å². The molecule has 0 unspecified atom stereocenters. The molecule has 0 radical (unpaired) electrons. The van der Waals surface area contributed by atoms with Crippen LogP contribution in [0.15, 0.2) is 46.6 Å². The van der Waals surface area contributed by atoms with Gasteiger partial charge in [-0.25, -0.2) is 8.78 Å². The minimum absolute atomic E-state index is 0.269. The summed E-state index contributed by atoms with van der Waals surface area (Å²) in [7, 11) is 0. The van der Waals surface area contributed by atoms with Crippen LogP contribution in [0, 0.1) is 12.7 Å². The normalized spacial score (nSPS) is 10.1. The van der Waals surface area contributed by atoms with Gasteiger partial charge in [-0.3, -0.25) is 0 Å². The highest BCUT2D eigenvalue weighted by Gasteiger charge is 2.09. The minimum Gasteiger partial charge on any atom is -0.246 e. The molecule has 0 aliphatic carbocycles. The zero-order valence-electron chi connectivity index (χ0n) is 10.7. The molecule has 2 aromatic carbocycles. The first-order valence-corrected chi connectivity index (χ1v) is 9.53. The lowest BCUT2D eigenvalue weighted by atomic mass is 10.2. The van der Waals surface area contributed by atoms with Crippen LogP contribution in [0.3, 0.4) is 0 Å². The van der Waals surface area contributed by atoms with Gasteiger partial charge in [0.1, 0.15) is 12.5 Å². The van der Waals surface area contributed by atoms with Crippen LogP contribution < -0.4 is 0 Å². The van der Waals surface area contributed by atoms with Crippen molar-refractivity contribution in [3.8, 4) is 0 Å². The first-order valence-electron chi connectivity index (χ1n) is 5.56. The zero-order valence-corrected chi connectivity index (χ0v) is 18.6. The lowest BCUT2D eigenvalue weighted by molar-refractivity contribution is 0.485. The zero-order chi connectivity index (χ0) is 16.2. The van der Waals surface area contributed by atoms with Crippen molar-refractivity contribution in [2.24, 2.45) is 0 Å². The van der Waals surface area contributed by atoms with Gasteiger partial charge in [0.2, 0.25) is 0 Å². The van der Waals surface area contributed by atoms with Crippen LogP contribution in [0.5, 0.6) is 0 Å². The van der Waals surface area contributed by atoms with E-state index < -0.39 is 6.67 Å². The Balaban J connectivity index is 0.000000211. The molecule has 2 aromatic rings. The van der Waals surface area contributed by atoms with E-state index in [-0.39, 0.29) is 5.82 Å². The summed E-state index contributed by atoms with van der Waals surface area (Å²) in [5, 5.41) is 0. The van der Waals surface area contributed by atoms with Crippen LogP contribution in [0.4, 0.5) is 8.78 Å². The van der Waals surface area contributed by atoms with Gasteiger partial charge in [-0.15, -0.1) is 0 Å². The second-order valence-corrected chi connectivity index (χ2v) is 8.28. The summed E-state index contributed by atoms with van der Waals surface area (Å²) < 4.78 is 28.7. The van der Waals surface area contributed by atoms with E-state index in [0.29, 0.717) is 10.0 Å². The molecule has 0 nitrogen and oxygen atoms in total. The molecule has 0 bridgehead atoms. The maximum Gasteiger partial charge on any atom is 0.139 e. The van der Waals surface area contributed by atoms with Gasteiger partial charge in [0.05, 0.1) is 4.47 Å². The molecule has 0 saturated heterocycles. The third-order valence-electron chi connectivity index (χ3n) is 2.42. The van der Waals surface area contributed by atoms with Crippen molar-refractivity contribution in [3.63, 3.8) is 0 Å². The monoisotopic (exact) mass is 610 g/mol. The van der Waals surface area contributed by atoms with Crippen molar-refractivity contribution in [3.05, 3.63) is 63.6 Å². The highest BCUT2D eigenvalue weighted by atomic mass is 79.9. The van der Waals surface area contributed by atoms with E-state index in [4.69, 9.17) is 0 Å². The van der Waals surface area contributed by atoms with Gasteiger partial charge in [-0.1, -0.05) is 47.8 Å². The molecular formula is C14H9Br5F2. The summed E-state index contributed by atoms with van der Waals surface area (Å²) in [6, 6.07) is 6.82. The fourth-order valence-electron chi connectivity index (χ4n) is 1.35. The Kier molecular flexibility index (Phi) is 8.56.